The van der Waals surface area contributed by atoms with E-state index in [1.807, 2.05) is 0 Å². The van der Waals surface area contributed by atoms with E-state index in [1.54, 1.807) is 0 Å². The SMILES string of the molecule is CC(C)(C)[Si](O[C@H]1CCCC[C@@H]1CO)(c1ccccc1)c1ccccc1. The van der Waals surface area contributed by atoms with Crippen LogP contribution in [0.4, 0.5) is 0 Å². The molecule has 0 saturated heterocycles. The molecule has 0 unspecified atom stereocenters. The van der Waals surface area contributed by atoms with Crippen molar-refractivity contribution < 1.29 is 9.53 Å². The van der Waals surface area contributed by atoms with Gasteiger partial charge in [-0.3, -0.25) is 0 Å². The minimum Gasteiger partial charge on any atom is -0.404 e. The van der Waals surface area contributed by atoms with E-state index in [0.717, 1.165) is 12.8 Å². The lowest BCUT2D eigenvalue weighted by atomic mass is 9.87. The summed E-state index contributed by atoms with van der Waals surface area (Å²) < 4.78 is 7.20. The highest BCUT2D eigenvalue weighted by atomic mass is 28.4. The zero-order chi connectivity index (χ0) is 18.6. The molecule has 2 aromatic carbocycles. The zero-order valence-electron chi connectivity index (χ0n) is 16.3. The fourth-order valence-electron chi connectivity index (χ4n) is 4.46. The van der Waals surface area contributed by atoms with Gasteiger partial charge in [0.1, 0.15) is 0 Å². The Kier molecular flexibility index (Phi) is 6.01. The molecule has 3 heteroatoms. The molecule has 140 valence electrons. The zero-order valence-corrected chi connectivity index (χ0v) is 17.3. The third-order valence-corrected chi connectivity index (χ3v) is 10.9. The van der Waals surface area contributed by atoms with E-state index in [4.69, 9.17) is 4.43 Å². The van der Waals surface area contributed by atoms with Crippen molar-refractivity contribution in [2.24, 2.45) is 5.92 Å². The second-order valence-corrected chi connectivity index (χ2v) is 12.8. The predicted octanol–water partition coefficient (Wildman–Crippen LogP) is 4.11. The maximum atomic E-state index is 9.94. The van der Waals surface area contributed by atoms with Gasteiger partial charge in [-0.15, -0.1) is 0 Å². The molecule has 3 rings (SSSR count). The maximum absolute atomic E-state index is 9.94. The fourth-order valence-corrected chi connectivity index (χ4v) is 9.24. The molecular weight excluding hydrogens is 336 g/mol. The van der Waals surface area contributed by atoms with Crippen molar-refractivity contribution in [3.8, 4) is 0 Å². The molecule has 0 aliphatic heterocycles. The Hall–Kier alpha value is -1.42. The van der Waals surface area contributed by atoms with Crippen LogP contribution in [0.15, 0.2) is 60.7 Å². The quantitative estimate of drug-likeness (QED) is 0.805. The van der Waals surface area contributed by atoms with Gasteiger partial charge >= 0.3 is 0 Å². The van der Waals surface area contributed by atoms with Crippen LogP contribution >= 0.6 is 0 Å². The molecule has 0 heterocycles. The number of hydrogen-bond donors (Lipinski definition) is 1. The van der Waals surface area contributed by atoms with Crippen LogP contribution in [0, 0.1) is 5.92 Å². The topological polar surface area (TPSA) is 29.5 Å². The Bertz CT molecular complexity index is 639. The van der Waals surface area contributed by atoms with Gasteiger partial charge in [0.2, 0.25) is 0 Å². The van der Waals surface area contributed by atoms with Gasteiger partial charge < -0.3 is 9.53 Å². The van der Waals surface area contributed by atoms with E-state index in [2.05, 4.69) is 81.4 Å². The first-order valence-corrected chi connectivity index (χ1v) is 11.8. The number of aliphatic hydroxyl groups is 1. The largest absolute Gasteiger partial charge is 0.404 e. The summed E-state index contributed by atoms with van der Waals surface area (Å²) in [7, 11) is -2.51. The summed E-state index contributed by atoms with van der Waals surface area (Å²) in [5, 5.41) is 12.6. The molecule has 26 heavy (non-hydrogen) atoms. The Morgan fingerprint density at radius 2 is 1.38 bits per heavy atom. The van der Waals surface area contributed by atoms with Crippen molar-refractivity contribution in [2.75, 3.05) is 6.61 Å². The molecule has 2 atom stereocenters. The summed E-state index contributed by atoms with van der Waals surface area (Å²) in [6, 6.07) is 21.6. The molecule has 2 nitrogen and oxygen atoms in total. The second-order valence-electron chi connectivity index (χ2n) is 8.55. The van der Waals surface area contributed by atoms with E-state index in [1.165, 1.54) is 23.2 Å². The number of hydrogen-bond acceptors (Lipinski definition) is 2. The van der Waals surface area contributed by atoms with Crippen LogP contribution in [0.5, 0.6) is 0 Å². The highest BCUT2D eigenvalue weighted by molar-refractivity contribution is 6.99. The Balaban J connectivity index is 2.14. The van der Waals surface area contributed by atoms with Gasteiger partial charge in [0.25, 0.3) is 8.32 Å². The Labute approximate surface area is 159 Å². The standard InChI is InChI=1S/C23H32O2Si/c1-23(2,3)26(20-13-6-4-7-14-20,21-15-8-5-9-16-21)25-22-17-11-10-12-19(22)18-24/h4-9,13-16,19,22,24H,10-12,17-18H2,1-3H3/t19-,22+/m1/s1. The summed E-state index contributed by atoms with van der Waals surface area (Å²) >= 11 is 0. The molecule has 1 aliphatic carbocycles. The third kappa shape index (κ3) is 3.66. The average Bonchev–Trinajstić information content (AvgIpc) is 2.67. The minimum absolute atomic E-state index is 0.00679. The summed E-state index contributed by atoms with van der Waals surface area (Å²) in [6.07, 6.45) is 4.65. The Morgan fingerprint density at radius 1 is 0.885 bits per heavy atom. The first-order chi connectivity index (χ1) is 12.5. The molecule has 2 aromatic rings. The number of aliphatic hydroxyl groups excluding tert-OH is 1. The Morgan fingerprint density at radius 3 is 1.85 bits per heavy atom. The summed E-state index contributed by atoms with van der Waals surface area (Å²) in [4.78, 5) is 0. The summed E-state index contributed by atoms with van der Waals surface area (Å²) in [5.74, 6) is 0.255. The van der Waals surface area contributed by atoms with Crippen molar-refractivity contribution >= 4 is 18.7 Å². The van der Waals surface area contributed by atoms with Crippen LogP contribution < -0.4 is 10.4 Å². The smallest absolute Gasteiger partial charge is 0.261 e. The van der Waals surface area contributed by atoms with Crippen molar-refractivity contribution in [2.45, 2.75) is 57.6 Å². The van der Waals surface area contributed by atoms with E-state index in [9.17, 15) is 5.11 Å². The van der Waals surface area contributed by atoms with Gasteiger partial charge in [-0.05, 0) is 28.3 Å². The van der Waals surface area contributed by atoms with Crippen molar-refractivity contribution in [3.05, 3.63) is 60.7 Å². The first-order valence-electron chi connectivity index (χ1n) is 9.89. The predicted molar refractivity (Wildman–Crippen MR) is 112 cm³/mol. The second kappa shape index (κ2) is 8.08. The molecule has 0 amide bonds. The highest BCUT2D eigenvalue weighted by Gasteiger charge is 2.52. The molecule has 0 spiro atoms. The normalized spacial score (nSPS) is 21.5. The summed E-state index contributed by atoms with van der Waals surface area (Å²) in [5.41, 5.74) is 0. The molecule has 0 bridgehead atoms. The number of benzene rings is 2. The molecule has 0 aromatic heterocycles. The minimum atomic E-state index is -2.51. The molecule has 0 radical (unpaired) electrons. The maximum Gasteiger partial charge on any atom is 0.261 e. The van der Waals surface area contributed by atoms with Gasteiger partial charge in [0.15, 0.2) is 0 Å². The van der Waals surface area contributed by atoms with Gasteiger partial charge in [0, 0.05) is 12.5 Å². The van der Waals surface area contributed by atoms with Crippen LogP contribution in [0.1, 0.15) is 46.5 Å². The van der Waals surface area contributed by atoms with E-state index >= 15 is 0 Å². The van der Waals surface area contributed by atoms with Crippen LogP contribution in [-0.4, -0.2) is 26.1 Å². The first kappa shape index (κ1) is 19.3. The van der Waals surface area contributed by atoms with Crippen LogP contribution in [0.25, 0.3) is 0 Å². The van der Waals surface area contributed by atoms with Gasteiger partial charge in [0.05, 0.1) is 6.10 Å². The molecule has 1 fully saturated rings. The number of rotatable bonds is 5. The van der Waals surface area contributed by atoms with Crippen molar-refractivity contribution in [3.63, 3.8) is 0 Å². The lowest BCUT2D eigenvalue weighted by Gasteiger charge is -2.47. The lowest BCUT2D eigenvalue weighted by Crippen LogP contribution is -2.68. The van der Waals surface area contributed by atoms with Crippen molar-refractivity contribution in [1.29, 1.82) is 0 Å². The summed E-state index contributed by atoms with van der Waals surface area (Å²) in [6.45, 7) is 7.17. The monoisotopic (exact) mass is 368 g/mol. The molecule has 1 aliphatic rings. The average molecular weight is 369 g/mol. The van der Waals surface area contributed by atoms with Crippen LogP contribution in [-0.2, 0) is 4.43 Å². The van der Waals surface area contributed by atoms with Crippen molar-refractivity contribution in [1.82, 2.24) is 0 Å². The fraction of sp³-hybridized carbons (Fsp3) is 0.478. The van der Waals surface area contributed by atoms with Gasteiger partial charge in [-0.25, -0.2) is 0 Å². The molecule has 1 saturated carbocycles. The molecular formula is C23H32O2Si. The lowest BCUT2D eigenvalue weighted by molar-refractivity contribution is 0.0469. The molecule has 1 N–H and O–H groups in total. The van der Waals surface area contributed by atoms with Crippen LogP contribution in [0.3, 0.4) is 0 Å². The third-order valence-electron chi connectivity index (χ3n) is 5.82. The van der Waals surface area contributed by atoms with Gasteiger partial charge in [-0.2, -0.15) is 0 Å². The van der Waals surface area contributed by atoms with Gasteiger partial charge in [-0.1, -0.05) is 94.3 Å². The van der Waals surface area contributed by atoms with E-state index in [0.29, 0.717) is 0 Å². The van der Waals surface area contributed by atoms with Crippen LogP contribution in [0.2, 0.25) is 5.04 Å². The van der Waals surface area contributed by atoms with E-state index < -0.39 is 8.32 Å². The highest BCUT2D eigenvalue weighted by Crippen LogP contribution is 2.40. The van der Waals surface area contributed by atoms with E-state index in [-0.39, 0.29) is 23.7 Å².